The minimum atomic E-state index is -0.110. The van der Waals surface area contributed by atoms with Crippen molar-refractivity contribution in [1.82, 2.24) is 10.0 Å². The highest BCUT2D eigenvalue weighted by Crippen LogP contribution is 2.34. The van der Waals surface area contributed by atoms with Gasteiger partial charge in [0, 0.05) is 20.2 Å². The third-order valence-corrected chi connectivity index (χ3v) is 3.94. The molecule has 0 bridgehead atoms. The third-order valence-electron chi connectivity index (χ3n) is 2.98. The van der Waals surface area contributed by atoms with E-state index in [2.05, 4.69) is 4.99 Å². The van der Waals surface area contributed by atoms with Crippen LogP contribution in [0.3, 0.4) is 0 Å². The second-order valence-corrected chi connectivity index (χ2v) is 5.83. The molecule has 0 saturated carbocycles. The zero-order valence-corrected chi connectivity index (χ0v) is 13.1. The van der Waals surface area contributed by atoms with Gasteiger partial charge in [0.25, 0.3) is 5.91 Å². The molecule has 112 valence electrons. The van der Waals surface area contributed by atoms with E-state index in [9.17, 15) is 4.79 Å². The topological polar surface area (TPSA) is 49.0 Å². The molecule has 1 amide bonds. The van der Waals surface area contributed by atoms with Crippen LogP contribution in [0.1, 0.15) is 5.76 Å². The minimum Gasteiger partial charge on any atom is -0.465 e. The lowest BCUT2D eigenvalue weighted by Crippen LogP contribution is -2.40. The first-order valence-electron chi connectivity index (χ1n) is 6.73. The fraction of sp³-hybridized carbons (Fsp3) is 0.125. The van der Waals surface area contributed by atoms with Gasteiger partial charge in [-0.2, -0.15) is 0 Å². The van der Waals surface area contributed by atoms with Gasteiger partial charge in [-0.25, -0.2) is 15.0 Å². The van der Waals surface area contributed by atoms with Crippen LogP contribution in [0.2, 0.25) is 0 Å². The molecule has 3 rings (SSSR count). The molecule has 2 heterocycles. The van der Waals surface area contributed by atoms with Crippen LogP contribution >= 0.6 is 11.8 Å². The van der Waals surface area contributed by atoms with Gasteiger partial charge in [0.15, 0.2) is 5.17 Å². The Bertz CT molecular complexity index is 721. The van der Waals surface area contributed by atoms with Crippen molar-refractivity contribution in [1.29, 1.82) is 0 Å². The summed E-state index contributed by atoms with van der Waals surface area (Å²) in [6.45, 7) is 0. The summed E-state index contributed by atoms with van der Waals surface area (Å²) >= 11 is 1.33. The molecule has 1 saturated heterocycles. The molecule has 0 radical (unpaired) electrons. The highest BCUT2D eigenvalue weighted by molar-refractivity contribution is 8.18. The number of carbonyl (C=O) groups is 1. The number of amides is 1. The summed E-state index contributed by atoms with van der Waals surface area (Å²) < 4.78 is 5.28. The molecule has 0 N–H and O–H groups in total. The number of aliphatic imine (C=N–C) groups is 1. The molecule has 1 aromatic carbocycles. The summed E-state index contributed by atoms with van der Waals surface area (Å²) in [5.41, 5.74) is 0.809. The Morgan fingerprint density at radius 2 is 1.95 bits per heavy atom. The number of hydrogen-bond acceptors (Lipinski definition) is 5. The smallest absolute Gasteiger partial charge is 0.281 e. The molecule has 0 unspecified atom stereocenters. The Morgan fingerprint density at radius 1 is 1.18 bits per heavy atom. The van der Waals surface area contributed by atoms with Crippen LogP contribution in [-0.2, 0) is 4.79 Å². The molecule has 0 atom stereocenters. The summed E-state index contributed by atoms with van der Waals surface area (Å²) in [6.07, 6.45) is 3.32. The van der Waals surface area contributed by atoms with E-state index in [0.29, 0.717) is 15.8 Å². The molecular weight excluding hydrogens is 298 g/mol. The third kappa shape index (κ3) is 2.98. The monoisotopic (exact) mass is 313 g/mol. The highest BCUT2D eigenvalue weighted by atomic mass is 32.2. The molecule has 22 heavy (non-hydrogen) atoms. The van der Waals surface area contributed by atoms with Crippen LogP contribution < -0.4 is 0 Å². The number of carbonyl (C=O) groups excluding carboxylic acids is 1. The number of nitrogens with zero attached hydrogens (tertiary/aromatic N) is 3. The van der Waals surface area contributed by atoms with E-state index in [1.165, 1.54) is 11.8 Å². The number of benzene rings is 1. The van der Waals surface area contributed by atoms with Crippen LogP contribution in [0.4, 0.5) is 5.69 Å². The van der Waals surface area contributed by atoms with Crippen molar-refractivity contribution in [2.45, 2.75) is 0 Å². The predicted octanol–water partition coefficient (Wildman–Crippen LogP) is 3.36. The normalized spacial score (nSPS) is 18.9. The van der Waals surface area contributed by atoms with Crippen LogP contribution in [0, 0.1) is 0 Å². The maximum absolute atomic E-state index is 12.5. The second kappa shape index (κ2) is 6.21. The van der Waals surface area contributed by atoms with E-state index in [1.807, 2.05) is 50.5 Å². The first-order chi connectivity index (χ1) is 10.6. The Morgan fingerprint density at radius 3 is 2.59 bits per heavy atom. The van der Waals surface area contributed by atoms with Gasteiger partial charge in [0.05, 0.1) is 16.9 Å². The summed E-state index contributed by atoms with van der Waals surface area (Å²) in [5.74, 6) is 0.539. The van der Waals surface area contributed by atoms with Crippen molar-refractivity contribution < 1.29 is 9.21 Å². The van der Waals surface area contributed by atoms with Gasteiger partial charge in [0.1, 0.15) is 5.76 Å². The predicted molar refractivity (Wildman–Crippen MR) is 88.3 cm³/mol. The number of rotatable bonds is 3. The lowest BCUT2D eigenvalue weighted by Gasteiger charge is -2.22. The van der Waals surface area contributed by atoms with E-state index in [-0.39, 0.29) is 5.91 Å². The van der Waals surface area contributed by atoms with E-state index in [0.717, 1.165) is 5.69 Å². The van der Waals surface area contributed by atoms with Crippen molar-refractivity contribution in [2.75, 3.05) is 14.1 Å². The van der Waals surface area contributed by atoms with Gasteiger partial charge < -0.3 is 4.42 Å². The molecule has 1 aliphatic rings. The van der Waals surface area contributed by atoms with Crippen LogP contribution in [0.5, 0.6) is 0 Å². The van der Waals surface area contributed by atoms with Crippen molar-refractivity contribution in [3.8, 4) is 0 Å². The zero-order valence-electron chi connectivity index (χ0n) is 12.3. The Balaban J connectivity index is 1.96. The Hall–Kier alpha value is -2.31. The van der Waals surface area contributed by atoms with Gasteiger partial charge in [0.2, 0.25) is 0 Å². The quantitative estimate of drug-likeness (QED) is 0.815. The van der Waals surface area contributed by atoms with Gasteiger partial charge in [-0.05, 0) is 36.0 Å². The van der Waals surface area contributed by atoms with E-state index in [4.69, 9.17) is 4.42 Å². The summed E-state index contributed by atoms with van der Waals surface area (Å²) in [7, 11) is 3.63. The summed E-state index contributed by atoms with van der Waals surface area (Å²) in [5, 5.41) is 3.89. The lowest BCUT2D eigenvalue weighted by molar-refractivity contribution is -0.130. The minimum absolute atomic E-state index is 0.110. The van der Waals surface area contributed by atoms with Crippen LogP contribution in [-0.4, -0.2) is 35.2 Å². The molecular formula is C16H15N3O2S. The fourth-order valence-electron chi connectivity index (χ4n) is 2.01. The van der Waals surface area contributed by atoms with Gasteiger partial charge in [-0.1, -0.05) is 18.2 Å². The van der Waals surface area contributed by atoms with Crippen LogP contribution in [0.25, 0.3) is 6.08 Å². The number of furan rings is 1. The summed E-state index contributed by atoms with van der Waals surface area (Å²) in [6, 6.07) is 13.2. The molecule has 0 spiro atoms. The van der Waals surface area contributed by atoms with Crippen molar-refractivity contribution >= 4 is 34.6 Å². The Kier molecular flexibility index (Phi) is 4.13. The molecule has 2 aromatic rings. The molecule has 5 nitrogen and oxygen atoms in total. The molecule has 1 aromatic heterocycles. The molecule has 1 fully saturated rings. The Labute approximate surface area is 132 Å². The van der Waals surface area contributed by atoms with Gasteiger partial charge >= 0.3 is 0 Å². The van der Waals surface area contributed by atoms with E-state index < -0.39 is 0 Å². The summed E-state index contributed by atoms with van der Waals surface area (Å²) in [4.78, 5) is 17.7. The van der Waals surface area contributed by atoms with Gasteiger partial charge in [-0.15, -0.1) is 0 Å². The first kappa shape index (κ1) is 14.6. The maximum Gasteiger partial charge on any atom is 0.281 e. The molecule has 0 aliphatic carbocycles. The fourth-order valence-corrected chi connectivity index (χ4v) is 3.04. The van der Waals surface area contributed by atoms with Crippen molar-refractivity contribution in [2.24, 2.45) is 4.99 Å². The first-order valence-corrected chi connectivity index (χ1v) is 7.55. The second-order valence-electron chi connectivity index (χ2n) is 4.82. The average molecular weight is 313 g/mol. The highest BCUT2D eigenvalue weighted by Gasteiger charge is 2.35. The number of thioether (sulfide) groups is 1. The molecule has 1 aliphatic heterocycles. The number of para-hydroxylation sites is 1. The van der Waals surface area contributed by atoms with Gasteiger partial charge in [-0.3, -0.25) is 4.79 Å². The lowest BCUT2D eigenvalue weighted by atomic mass is 10.3. The number of hydrazine groups is 1. The van der Waals surface area contributed by atoms with Crippen LogP contribution in [0.15, 0.2) is 63.0 Å². The standard InChI is InChI=1S/C16H15N3O2S/c1-18(2)19-15(20)14(11-13-9-6-10-21-13)22-16(19)17-12-7-4-3-5-8-12/h3-11H,1-2H3/b14-11-,17-16?. The van der Waals surface area contributed by atoms with Crippen molar-refractivity contribution in [3.05, 3.63) is 59.4 Å². The SMILES string of the molecule is CN(C)N1C(=O)/C(=C/c2ccco2)SC1=Nc1ccccc1. The van der Waals surface area contributed by atoms with E-state index in [1.54, 1.807) is 28.4 Å². The van der Waals surface area contributed by atoms with Crippen molar-refractivity contribution in [3.63, 3.8) is 0 Å². The maximum atomic E-state index is 12.5. The largest absolute Gasteiger partial charge is 0.465 e. The zero-order chi connectivity index (χ0) is 15.5. The molecule has 6 heteroatoms. The van der Waals surface area contributed by atoms with E-state index >= 15 is 0 Å². The number of hydrogen-bond donors (Lipinski definition) is 0. The number of amidine groups is 1. The average Bonchev–Trinajstić information content (AvgIpc) is 3.09.